The van der Waals surface area contributed by atoms with Gasteiger partial charge in [0.15, 0.2) is 0 Å². The number of hydrogen-bond donors (Lipinski definition) is 0. The number of alkyl halides is 1. The van der Waals surface area contributed by atoms with Crippen LogP contribution in [0.15, 0.2) is 22.7 Å². The minimum atomic E-state index is -0.184. The van der Waals surface area contributed by atoms with Crippen molar-refractivity contribution in [2.24, 2.45) is 11.8 Å². The molecular weight excluding hydrogens is 290 g/mol. The van der Waals surface area contributed by atoms with Crippen LogP contribution in [-0.2, 0) is 6.42 Å². The lowest BCUT2D eigenvalue weighted by Gasteiger charge is -2.17. The zero-order valence-electron chi connectivity index (χ0n) is 9.64. The molecule has 0 radical (unpaired) electrons. The summed E-state index contributed by atoms with van der Waals surface area (Å²) in [5.41, 5.74) is 1.01. The molecule has 3 heteroatoms. The first-order valence-electron chi connectivity index (χ1n) is 5.52. The highest BCUT2D eigenvalue weighted by Crippen LogP contribution is 2.24. The molecule has 0 aliphatic carbocycles. The van der Waals surface area contributed by atoms with Crippen molar-refractivity contribution in [2.45, 2.75) is 26.7 Å². The molecule has 0 aliphatic heterocycles. The molecule has 0 amide bonds. The van der Waals surface area contributed by atoms with E-state index in [2.05, 4.69) is 29.8 Å². The number of halogens is 3. The summed E-state index contributed by atoms with van der Waals surface area (Å²) in [6.45, 7) is 4.36. The van der Waals surface area contributed by atoms with Crippen LogP contribution in [0.5, 0.6) is 0 Å². The Morgan fingerprint density at radius 1 is 1.38 bits per heavy atom. The quantitative estimate of drug-likeness (QED) is 0.669. The second-order valence-corrected chi connectivity index (χ2v) is 5.75. The van der Waals surface area contributed by atoms with E-state index in [1.165, 1.54) is 6.07 Å². The molecule has 0 aliphatic rings. The summed E-state index contributed by atoms with van der Waals surface area (Å²) in [5.74, 6) is 1.48. The van der Waals surface area contributed by atoms with E-state index in [1.807, 2.05) is 0 Å². The van der Waals surface area contributed by atoms with Crippen molar-refractivity contribution in [3.8, 4) is 0 Å². The maximum absolute atomic E-state index is 13.1. The van der Waals surface area contributed by atoms with Gasteiger partial charge in [-0.15, -0.1) is 11.6 Å². The Balaban J connectivity index is 2.73. The highest BCUT2D eigenvalue weighted by molar-refractivity contribution is 9.10. The largest absolute Gasteiger partial charge is 0.207 e. The standard InChI is InChI=1S/C13H17BrClF/c1-9(2)5-10(8-15)6-11-7-12(16)3-4-13(11)14/h3-4,7,9-10H,5-6,8H2,1-2H3. The highest BCUT2D eigenvalue weighted by atomic mass is 79.9. The lowest BCUT2D eigenvalue weighted by Crippen LogP contribution is -2.10. The lowest BCUT2D eigenvalue weighted by molar-refractivity contribution is 0.440. The lowest BCUT2D eigenvalue weighted by atomic mass is 9.92. The normalized spacial score (nSPS) is 13.1. The zero-order chi connectivity index (χ0) is 12.1. The van der Waals surface area contributed by atoms with Crippen LogP contribution in [0.3, 0.4) is 0 Å². The van der Waals surface area contributed by atoms with E-state index in [9.17, 15) is 4.39 Å². The third-order valence-corrected chi connectivity index (χ3v) is 3.75. The van der Waals surface area contributed by atoms with Gasteiger partial charge in [0.25, 0.3) is 0 Å². The van der Waals surface area contributed by atoms with Gasteiger partial charge < -0.3 is 0 Å². The average molecular weight is 308 g/mol. The molecule has 0 bridgehead atoms. The van der Waals surface area contributed by atoms with E-state index < -0.39 is 0 Å². The maximum Gasteiger partial charge on any atom is 0.123 e. The molecule has 0 spiro atoms. The summed E-state index contributed by atoms with van der Waals surface area (Å²) < 4.78 is 14.1. The van der Waals surface area contributed by atoms with Crippen LogP contribution in [-0.4, -0.2) is 5.88 Å². The molecule has 0 saturated heterocycles. The van der Waals surface area contributed by atoms with Crippen molar-refractivity contribution in [3.63, 3.8) is 0 Å². The topological polar surface area (TPSA) is 0 Å². The Labute approximate surface area is 110 Å². The molecule has 1 aromatic carbocycles. The molecular formula is C13H17BrClF. The predicted octanol–water partition coefficient (Wildman–Crippen LogP) is 5.03. The Morgan fingerprint density at radius 2 is 2.06 bits per heavy atom. The van der Waals surface area contributed by atoms with Crippen molar-refractivity contribution in [2.75, 3.05) is 5.88 Å². The van der Waals surface area contributed by atoms with Gasteiger partial charge >= 0.3 is 0 Å². The van der Waals surface area contributed by atoms with Crippen LogP contribution >= 0.6 is 27.5 Å². The van der Waals surface area contributed by atoms with Crippen LogP contribution in [0.2, 0.25) is 0 Å². The van der Waals surface area contributed by atoms with E-state index in [0.717, 1.165) is 22.9 Å². The molecule has 90 valence electrons. The van der Waals surface area contributed by atoms with E-state index in [-0.39, 0.29) is 5.82 Å². The van der Waals surface area contributed by atoms with Gasteiger partial charge in [0, 0.05) is 10.4 Å². The van der Waals surface area contributed by atoms with Gasteiger partial charge in [0.1, 0.15) is 5.82 Å². The first kappa shape index (κ1) is 14.0. The van der Waals surface area contributed by atoms with Gasteiger partial charge in [-0.2, -0.15) is 0 Å². The summed E-state index contributed by atoms with van der Waals surface area (Å²) in [5, 5.41) is 0. The molecule has 1 atom stereocenters. The monoisotopic (exact) mass is 306 g/mol. The van der Waals surface area contributed by atoms with Crippen LogP contribution in [0.1, 0.15) is 25.8 Å². The van der Waals surface area contributed by atoms with Crippen LogP contribution in [0.25, 0.3) is 0 Å². The molecule has 16 heavy (non-hydrogen) atoms. The fourth-order valence-corrected chi connectivity index (χ4v) is 2.52. The fourth-order valence-electron chi connectivity index (χ4n) is 1.88. The minimum absolute atomic E-state index is 0.184. The summed E-state index contributed by atoms with van der Waals surface area (Å²) in [7, 11) is 0. The second kappa shape index (κ2) is 6.61. The smallest absolute Gasteiger partial charge is 0.123 e. The molecule has 1 unspecified atom stereocenters. The third kappa shape index (κ3) is 4.42. The van der Waals surface area contributed by atoms with Crippen molar-refractivity contribution in [1.82, 2.24) is 0 Å². The van der Waals surface area contributed by atoms with E-state index in [0.29, 0.717) is 17.7 Å². The predicted molar refractivity (Wildman–Crippen MR) is 71.5 cm³/mol. The molecule has 0 nitrogen and oxygen atoms in total. The fraction of sp³-hybridized carbons (Fsp3) is 0.538. The van der Waals surface area contributed by atoms with Gasteiger partial charge in [-0.05, 0) is 48.4 Å². The Morgan fingerprint density at radius 3 is 2.62 bits per heavy atom. The maximum atomic E-state index is 13.1. The van der Waals surface area contributed by atoms with Crippen molar-refractivity contribution >= 4 is 27.5 Å². The van der Waals surface area contributed by atoms with Gasteiger partial charge in [0.05, 0.1) is 0 Å². The van der Waals surface area contributed by atoms with Crippen LogP contribution in [0, 0.1) is 17.7 Å². The molecule has 0 aromatic heterocycles. The van der Waals surface area contributed by atoms with E-state index in [1.54, 1.807) is 12.1 Å². The summed E-state index contributed by atoms with van der Waals surface area (Å²) in [6, 6.07) is 4.81. The third-order valence-electron chi connectivity index (χ3n) is 2.54. The SMILES string of the molecule is CC(C)CC(CCl)Cc1cc(F)ccc1Br. The minimum Gasteiger partial charge on any atom is -0.207 e. The van der Waals surface area contributed by atoms with Crippen LogP contribution in [0.4, 0.5) is 4.39 Å². The Hall–Kier alpha value is -0.0800. The summed E-state index contributed by atoms with van der Waals surface area (Å²) in [4.78, 5) is 0. The van der Waals surface area contributed by atoms with Gasteiger partial charge in [-0.1, -0.05) is 29.8 Å². The highest BCUT2D eigenvalue weighted by Gasteiger charge is 2.13. The van der Waals surface area contributed by atoms with E-state index in [4.69, 9.17) is 11.6 Å². The first-order chi connectivity index (χ1) is 7.52. The number of hydrogen-bond acceptors (Lipinski definition) is 0. The van der Waals surface area contributed by atoms with Crippen molar-refractivity contribution < 1.29 is 4.39 Å². The van der Waals surface area contributed by atoms with Crippen molar-refractivity contribution in [1.29, 1.82) is 0 Å². The summed E-state index contributed by atoms with van der Waals surface area (Å²) >= 11 is 9.39. The molecule has 1 aromatic rings. The zero-order valence-corrected chi connectivity index (χ0v) is 12.0. The van der Waals surface area contributed by atoms with Gasteiger partial charge in [-0.25, -0.2) is 4.39 Å². The summed E-state index contributed by atoms with van der Waals surface area (Å²) in [6.07, 6.45) is 1.91. The first-order valence-corrected chi connectivity index (χ1v) is 6.85. The molecule has 0 fully saturated rings. The van der Waals surface area contributed by atoms with Gasteiger partial charge in [0.2, 0.25) is 0 Å². The molecule has 1 rings (SSSR count). The second-order valence-electron chi connectivity index (χ2n) is 4.59. The van der Waals surface area contributed by atoms with Gasteiger partial charge in [-0.3, -0.25) is 0 Å². The number of benzene rings is 1. The van der Waals surface area contributed by atoms with E-state index >= 15 is 0 Å². The number of rotatable bonds is 5. The molecule has 0 N–H and O–H groups in total. The molecule has 0 saturated carbocycles. The molecule has 0 heterocycles. The van der Waals surface area contributed by atoms with Crippen molar-refractivity contribution in [3.05, 3.63) is 34.1 Å². The Bertz CT molecular complexity index is 339. The average Bonchev–Trinajstić information content (AvgIpc) is 2.21. The Kier molecular flexibility index (Phi) is 5.77. The van der Waals surface area contributed by atoms with Crippen LogP contribution < -0.4 is 0 Å².